The first-order valence-corrected chi connectivity index (χ1v) is 11.1. The van der Waals surface area contributed by atoms with Crippen molar-refractivity contribution in [2.75, 3.05) is 20.8 Å². The van der Waals surface area contributed by atoms with Crippen molar-refractivity contribution >= 4 is 12.1 Å². The van der Waals surface area contributed by atoms with Gasteiger partial charge in [-0.3, -0.25) is 4.79 Å². The number of rotatable bonds is 10. The van der Waals surface area contributed by atoms with Gasteiger partial charge in [0.05, 0.1) is 20.6 Å². The van der Waals surface area contributed by atoms with Gasteiger partial charge in [0.25, 0.3) is 0 Å². The second-order valence-electron chi connectivity index (χ2n) is 7.80. The summed E-state index contributed by atoms with van der Waals surface area (Å²) < 4.78 is 29.6. The lowest BCUT2D eigenvalue weighted by molar-refractivity contribution is -0.136. The second-order valence-corrected chi connectivity index (χ2v) is 7.80. The van der Waals surface area contributed by atoms with E-state index in [9.17, 15) is 19.1 Å². The SMILES string of the molecule is CCN(Cc1ccccc1-c1cc(CC(=O)O)cc(OC)c1OC)C(=O)OCc1ccc(F)cc1. The number of halogens is 1. The van der Waals surface area contributed by atoms with Crippen molar-refractivity contribution in [2.45, 2.75) is 26.5 Å². The molecule has 0 aliphatic heterocycles. The van der Waals surface area contributed by atoms with E-state index in [4.69, 9.17) is 14.2 Å². The number of carboxylic acids is 1. The maximum atomic E-state index is 13.1. The molecule has 7 nitrogen and oxygen atoms in total. The summed E-state index contributed by atoms with van der Waals surface area (Å²) in [5.74, 6) is -0.429. The first-order chi connectivity index (χ1) is 16.9. The van der Waals surface area contributed by atoms with Crippen molar-refractivity contribution in [1.82, 2.24) is 4.90 Å². The summed E-state index contributed by atoms with van der Waals surface area (Å²) in [5.41, 5.74) is 3.50. The van der Waals surface area contributed by atoms with Crippen molar-refractivity contribution < 1.29 is 33.3 Å². The van der Waals surface area contributed by atoms with Gasteiger partial charge in [0.2, 0.25) is 0 Å². The molecular formula is C27H28FNO6. The number of carbonyl (C=O) groups is 2. The van der Waals surface area contributed by atoms with Gasteiger partial charge >= 0.3 is 12.1 Å². The normalized spacial score (nSPS) is 10.5. The van der Waals surface area contributed by atoms with Crippen LogP contribution in [0.5, 0.6) is 11.5 Å². The molecule has 0 saturated heterocycles. The third-order valence-electron chi connectivity index (χ3n) is 5.48. The van der Waals surface area contributed by atoms with Crippen LogP contribution in [-0.2, 0) is 29.1 Å². The van der Waals surface area contributed by atoms with Gasteiger partial charge in [-0.15, -0.1) is 0 Å². The lowest BCUT2D eigenvalue weighted by Gasteiger charge is -2.23. The zero-order valence-corrected chi connectivity index (χ0v) is 19.9. The second kappa shape index (κ2) is 11.9. The minimum Gasteiger partial charge on any atom is -0.493 e. The van der Waals surface area contributed by atoms with Crippen LogP contribution in [0.3, 0.4) is 0 Å². The number of carboxylic acid groups (broad SMARTS) is 1. The van der Waals surface area contributed by atoms with Gasteiger partial charge in [-0.25, -0.2) is 9.18 Å². The van der Waals surface area contributed by atoms with Gasteiger partial charge in [-0.05, 0) is 53.4 Å². The molecule has 8 heteroatoms. The molecule has 3 rings (SSSR count). The predicted octanol–water partition coefficient (Wildman–Crippen LogP) is 5.30. The smallest absolute Gasteiger partial charge is 0.410 e. The number of ether oxygens (including phenoxy) is 3. The molecule has 0 saturated carbocycles. The molecule has 3 aromatic carbocycles. The summed E-state index contributed by atoms with van der Waals surface area (Å²) in [4.78, 5) is 25.7. The van der Waals surface area contributed by atoms with Crippen LogP contribution in [0.4, 0.5) is 9.18 Å². The first-order valence-electron chi connectivity index (χ1n) is 11.1. The van der Waals surface area contributed by atoms with E-state index < -0.39 is 12.1 Å². The van der Waals surface area contributed by atoms with Gasteiger partial charge in [0.1, 0.15) is 12.4 Å². The van der Waals surface area contributed by atoms with Crippen LogP contribution in [0.2, 0.25) is 0 Å². The van der Waals surface area contributed by atoms with E-state index in [-0.39, 0.29) is 25.4 Å². The molecule has 184 valence electrons. The minimum absolute atomic E-state index is 0.0273. The molecule has 0 bridgehead atoms. The average molecular weight is 482 g/mol. The molecule has 0 aromatic heterocycles. The molecule has 1 amide bonds. The molecule has 0 fully saturated rings. The summed E-state index contributed by atoms with van der Waals surface area (Å²) in [5, 5.41) is 9.28. The topological polar surface area (TPSA) is 85.3 Å². The molecule has 0 unspecified atom stereocenters. The van der Waals surface area contributed by atoms with E-state index in [0.29, 0.717) is 34.7 Å². The van der Waals surface area contributed by atoms with Gasteiger partial charge in [0, 0.05) is 18.7 Å². The number of hydrogen-bond donors (Lipinski definition) is 1. The molecule has 0 radical (unpaired) electrons. The highest BCUT2D eigenvalue weighted by atomic mass is 19.1. The Morgan fingerprint density at radius 3 is 2.29 bits per heavy atom. The Labute approximate surface area is 203 Å². The van der Waals surface area contributed by atoms with E-state index in [1.165, 1.54) is 26.4 Å². The summed E-state index contributed by atoms with van der Waals surface area (Å²) in [6.45, 7) is 2.53. The summed E-state index contributed by atoms with van der Waals surface area (Å²) >= 11 is 0. The highest BCUT2D eigenvalue weighted by Crippen LogP contribution is 2.41. The molecule has 0 atom stereocenters. The Morgan fingerprint density at radius 2 is 1.66 bits per heavy atom. The molecule has 1 N–H and O–H groups in total. The van der Waals surface area contributed by atoms with Crippen LogP contribution in [-0.4, -0.2) is 42.8 Å². The van der Waals surface area contributed by atoms with E-state index >= 15 is 0 Å². The lowest BCUT2D eigenvalue weighted by Crippen LogP contribution is -2.31. The van der Waals surface area contributed by atoms with E-state index in [1.807, 2.05) is 31.2 Å². The molecule has 0 aliphatic rings. The van der Waals surface area contributed by atoms with Crippen molar-refractivity contribution in [3.8, 4) is 22.6 Å². The number of methoxy groups -OCH3 is 2. The average Bonchev–Trinajstić information content (AvgIpc) is 2.86. The fourth-order valence-corrected chi connectivity index (χ4v) is 3.75. The van der Waals surface area contributed by atoms with E-state index in [1.54, 1.807) is 29.2 Å². The van der Waals surface area contributed by atoms with Crippen molar-refractivity contribution in [1.29, 1.82) is 0 Å². The van der Waals surface area contributed by atoms with Crippen LogP contribution in [0, 0.1) is 5.82 Å². The Balaban J connectivity index is 1.89. The van der Waals surface area contributed by atoms with E-state index in [2.05, 4.69) is 0 Å². The molecule has 35 heavy (non-hydrogen) atoms. The molecule has 0 spiro atoms. The van der Waals surface area contributed by atoms with Crippen molar-refractivity contribution in [3.63, 3.8) is 0 Å². The molecule has 3 aromatic rings. The Kier molecular flexibility index (Phi) is 8.67. The third kappa shape index (κ3) is 6.50. The summed E-state index contributed by atoms with van der Waals surface area (Å²) in [6, 6.07) is 16.7. The number of carbonyl (C=O) groups excluding carboxylic acids is 1. The standard InChI is InChI=1S/C27H28FNO6/c1-4-29(27(32)35-17-18-9-11-21(28)12-10-18)16-20-7-5-6-8-22(20)23-13-19(15-25(30)31)14-24(33-2)26(23)34-3/h5-14H,4,15-17H2,1-3H3,(H,30,31). The maximum absolute atomic E-state index is 13.1. The number of benzene rings is 3. The van der Waals surface area contributed by atoms with Crippen LogP contribution < -0.4 is 9.47 Å². The zero-order chi connectivity index (χ0) is 25.4. The molecule has 0 heterocycles. The van der Waals surface area contributed by atoms with Crippen LogP contribution in [0.25, 0.3) is 11.1 Å². The number of nitrogens with zero attached hydrogens (tertiary/aromatic N) is 1. The molecular weight excluding hydrogens is 453 g/mol. The Morgan fingerprint density at radius 1 is 0.943 bits per heavy atom. The fraction of sp³-hybridized carbons (Fsp3) is 0.259. The van der Waals surface area contributed by atoms with Crippen molar-refractivity contribution in [3.05, 3.63) is 83.2 Å². The Bertz CT molecular complexity index is 1180. The molecule has 0 aliphatic carbocycles. The van der Waals surface area contributed by atoms with Crippen LogP contribution in [0.1, 0.15) is 23.6 Å². The monoisotopic (exact) mass is 481 g/mol. The summed E-state index contributed by atoms with van der Waals surface area (Å²) in [7, 11) is 3.01. The van der Waals surface area contributed by atoms with Crippen molar-refractivity contribution in [2.24, 2.45) is 0 Å². The third-order valence-corrected chi connectivity index (χ3v) is 5.48. The number of hydrogen-bond acceptors (Lipinski definition) is 5. The van der Waals surface area contributed by atoms with Gasteiger partial charge in [0.15, 0.2) is 11.5 Å². The summed E-state index contributed by atoms with van der Waals surface area (Å²) in [6.07, 6.45) is -0.678. The quantitative estimate of drug-likeness (QED) is 0.423. The van der Waals surface area contributed by atoms with Crippen LogP contribution in [0.15, 0.2) is 60.7 Å². The van der Waals surface area contributed by atoms with E-state index in [0.717, 1.165) is 11.1 Å². The number of amides is 1. The first kappa shape index (κ1) is 25.6. The van der Waals surface area contributed by atoms with Gasteiger partial charge in [-0.2, -0.15) is 0 Å². The van der Waals surface area contributed by atoms with Crippen LogP contribution >= 0.6 is 0 Å². The van der Waals surface area contributed by atoms with Gasteiger partial charge < -0.3 is 24.2 Å². The van der Waals surface area contributed by atoms with Gasteiger partial charge in [-0.1, -0.05) is 36.4 Å². The number of aliphatic carboxylic acids is 1. The largest absolute Gasteiger partial charge is 0.493 e. The Hall–Kier alpha value is -4.07. The predicted molar refractivity (Wildman–Crippen MR) is 129 cm³/mol. The minimum atomic E-state index is -0.961. The maximum Gasteiger partial charge on any atom is 0.410 e. The zero-order valence-electron chi connectivity index (χ0n) is 19.9. The lowest BCUT2D eigenvalue weighted by atomic mass is 9.95. The fourth-order valence-electron chi connectivity index (χ4n) is 3.75. The highest BCUT2D eigenvalue weighted by molar-refractivity contribution is 5.79. The highest BCUT2D eigenvalue weighted by Gasteiger charge is 2.20.